The van der Waals surface area contributed by atoms with Gasteiger partial charge in [0.25, 0.3) is 0 Å². The van der Waals surface area contributed by atoms with Crippen LogP contribution in [0.1, 0.15) is 30.3 Å². The molecule has 1 aliphatic heterocycles. The number of nitrogens with two attached hydrogens (primary N) is 2. The quantitative estimate of drug-likeness (QED) is 0.845. The maximum Gasteiger partial charge on any atom is 0.225 e. The Labute approximate surface area is 140 Å². The molecule has 0 amide bonds. The van der Waals surface area contributed by atoms with Gasteiger partial charge in [0, 0.05) is 17.7 Å². The van der Waals surface area contributed by atoms with E-state index >= 15 is 0 Å². The van der Waals surface area contributed by atoms with E-state index in [9.17, 15) is 0 Å². The summed E-state index contributed by atoms with van der Waals surface area (Å²) in [5.74, 6) is 2.48. The molecule has 1 atom stereocenters. The molecule has 0 bridgehead atoms. The lowest BCUT2D eigenvalue weighted by Gasteiger charge is -2.25. The van der Waals surface area contributed by atoms with Crippen LogP contribution in [0.5, 0.6) is 11.5 Å². The van der Waals surface area contributed by atoms with Crippen molar-refractivity contribution in [1.29, 1.82) is 0 Å². The molecule has 4 N–H and O–H groups in total. The topological polar surface area (TPSA) is 112 Å². The standard InChI is InChI=1S/C16H22N6O2/c1-23-10-5-6-11(13(8-10)24-2)12-4-3-7-22(12)9-14-19-15(17)21-16(18)20-14/h5-6,8,12H,3-4,7,9H2,1-2H3,(H4,17,18,19,20,21). The maximum atomic E-state index is 5.66. The first-order chi connectivity index (χ1) is 11.6. The molecule has 8 nitrogen and oxygen atoms in total. The van der Waals surface area contributed by atoms with E-state index in [1.807, 2.05) is 12.1 Å². The molecule has 0 radical (unpaired) electrons. The van der Waals surface area contributed by atoms with Crippen molar-refractivity contribution in [2.24, 2.45) is 0 Å². The second-order valence-electron chi connectivity index (χ2n) is 5.70. The smallest absolute Gasteiger partial charge is 0.225 e. The first-order valence-corrected chi connectivity index (χ1v) is 7.82. The summed E-state index contributed by atoms with van der Waals surface area (Å²) >= 11 is 0. The lowest BCUT2D eigenvalue weighted by molar-refractivity contribution is 0.237. The van der Waals surface area contributed by atoms with Crippen LogP contribution in [0.2, 0.25) is 0 Å². The third-order valence-corrected chi connectivity index (χ3v) is 4.22. The molecule has 2 heterocycles. The van der Waals surface area contributed by atoms with Crippen LogP contribution in [0.15, 0.2) is 18.2 Å². The Morgan fingerprint density at radius 2 is 1.88 bits per heavy atom. The number of nitrogens with zero attached hydrogens (tertiary/aromatic N) is 4. The van der Waals surface area contributed by atoms with Gasteiger partial charge >= 0.3 is 0 Å². The van der Waals surface area contributed by atoms with E-state index in [1.165, 1.54) is 0 Å². The van der Waals surface area contributed by atoms with E-state index < -0.39 is 0 Å². The van der Waals surface area contributed by atoms with Gasteiger partial charge in [0.1, 0.15) is 17.3 Å². The molecule has 128 valence electrons. The molecule has 1 aromatic heterocycles. The zero-order chi connectivity index (χ0) is 17.1. The fraction of sp³-hybridized carbons (Fsp3) is 0.438. The largest absolute Gasteiger partial charge is 0.497 e. The molecule has 1 saturated heterocycles. The highest BCUT2D eigenvalue weighted by Gasteiger charge is 2.29. The fourth-order valence-electron chi connectivity index (χ4n) is 3.17. The fourth-order valence-corrected chi connectivity index (χ4v) is 3.17. The Morgan fingerprint density at radius 3 is 2.54 bits per heavy atom. The monoisotopic (exact) mass is 330 g/mol. The van der Waals surface area contributed by atoms with Crippen molar-refractivity contribution in [3.05, 3.63) is 29.6 Å². The molecule has 24 heavy (non-hydrogen) atoms. The lowest BCUT2D eigenvalue weighted by atomic mass is 10.0. The molecule has 0 aliphatic carbocycles. The Hall–Kier alpha value is -2.61. The van der Waals surface area contributed by atoms with Gasteiger partial charge in [-0.05, 0) is 25.5 Å². The minimum Gasteiger partial charge on any atom is -0.497 e. The Bertz CT molecular complexity index is 703. The summed E-state index contributed by atoms with van der Waals surface area (Å²) in [6, 6.07) is 6.14. The minimum absolute atomic E-state index is 0.148. The van der Waals surface area contributed by atoms with Gasteiger partial charge in [-0.1, -0.05) is 6.07 Å². The number of methoxy groups -OCH3 is 2. The van der Waals surface area contributed by atoms with Gasteiger partial charge in [0.2, 0.25) is 11.9 Å². The van der Waals surface area contributed by atoms with Gasteiger partial charge in [0.15, 0.2) is 0 Å². The first-order valence-electron chi connectivity index (χ1n) is 7.82. The van der Waals surface area contributed by atoms with Gasteiger partial charge in [-0.3, -0.25) is 4.90 Å². The first kappa shape index (κ1) is 16.3. The lowest BCUT2D eigenvalue weighted by Crippen LogP contribution is -2.25. The number of nitrogen functional groups attached to an aromatic ring is 2. The number of likely N-dealkylation sites (tertiary alicyclic amines) is 1. The van der Waals surface area contributed by atoms with Crippen molar-refractivity contribution in [3.8, 4) is 11.5 Å². The van der Waals surface area contributed by atoms with Gasteiger partial charge in [-0.25, -0.2) is 0 Å². The number of ether oxygens (including phenoxy) is 2. The van der Waals surface area contributed by atoms with Crippen LogP contribution < -0.4 is 20.9 Å². The van der Waals surface area contributed by atoms with E-state index in [1.54, 1.807) is 14.2 Å². The zero-order valence-corrected chi connectivity index (χ0v) is 13.9. The van der Waals surface area contributed by atoms with Crippen LogP contribution in [0, 0.1) is 0 Å². The Balaban J connectivity index is 1.85. The molecule has 1 fully saturated rings. The van der Waals surface area contributed by atoms with Crippen LogP contribution in [-0.2, 0) is 6.54 Å². The Kier molecular flexibility index (Phi) is 4.66. The van der Waals surface area contributed by atoms with Gasteiger partial charge in [0.05, 0.1) is 20.8 Å². The third kappa shape index (κ3) is 3.33. The molecular weight excluding hydrogens is 308 g/mol. The van der Waals surface area contributed by atoms with Crippen LogP contribution in [0.25, 0.3) is 0 Å². The van der Waals surface area contributed by atoms with Crippen molar-refractivity contribution in [2.75, 3.05) is 32.2 Å². The second-order valence-corrected chi connectivity index (χ2v) is 5.70. The average molecular weight is 330 g/mol. The van der Waals surface area contributed by atoms with E-state index in [4.69, 9.17) is 20.9 Å². The summed E-state index contributed by atoms with van der Waals surface area (Å²) in [7, 11) is 3.32. The van der Waals surface area contributed by atoms with Gasteiger partial charge in [-0.2, -0.15) is 15.0 Å². The molecule has 1 aromatic carbocycles. The maximum absolute atomic E-state index is 5.66. The normalized spacial score (nSPS) is 17.8. The number of hydrogen-bond donors (Lipinski definition) is 2. The summed E-state index contributed by atoms with van der Waals surface area (Å²) < 4.78 is 10.8. The highest BCUT2D eigenvalue weighted by molar-refractivity contribution is 5.43. The highest BCUT2D eigenvalue weighted by Crippen LogP contribution is 2.39. The van der Waals surface area contributed by atoms with Crippen LogP contribution in [0.3, 0.4) is 0 Å². The zero-order valence-electron chi connectivity index (χ0n) is 13.9. The predicted octanol–water partition coefficient (Wildman–Crippen LogP) is 1.39. The average Bonchev–Trinajstić information content (AvgIpc) is 3.01. The number of rotatable bonds is 5. The molecule has 1 aliphatic rings. The van der Waals surface area contributed by atoms with Gasteiger partial charge < -0.3 is 20.9 Å². The van der Waals surface area contributed by atoms with Crippen LogP contribution >= 0.6 is 0 Å². The minimum atomic E-state index is 0.148. The summed E-state index contributed by atoms with van der Waals surface area (Å²) in [5.41, 5.74) is 12.5. The molecule has 3 rings (SSSR count). The van der Waals surface area contributed by atoms with Crippen molar-refractivity contribution in [2.45, 2.75) is 25.4 Å². The highest BCUT2D eigenvalue weighted by atomic mass is 16.5. The number of aromatic nitrogens is 3. The van der Waals surface area contributed by atoms with Crippen molar-refractivity contribution >= 4 is 11.9 Å². The van der Waals surface area contributed by atoms with Crippen molar-refractivity contribution in [3.63, 3.8) is 0 Å². The van der Waals surface area contributed by atoms with E-state index in [2.05, 4.69) is 25.9 Å². The predicted molar refractivity (Wildman–Crippen MR) is 90.6 cm³/mol. The van der Waals surface area contributed by atoms with Crippen LogP contribution in [0.4, 0.5) is 11.9 Å². The summed E-state index contributed by atoms with van der Waals surface area (Å²) in [5, 5.41) is 0. The van der Waals surface area contributed by atoms with E-state index in [0.717, 1.165) is 36.4 Å². The van der Waals surface area contributed by atoms with Crippen molar-refractivity contribution in [1.82, 2.24) is 19.9 Å². The van der Waals surface area contributed by atoms with E-state index in [0.29, 0.717) is 12.4 Å². The molecule has 1 unspecified atom stereocenters. The number of hydrogen-bond acceptors (Lipinski definition) is 8. The second kappa shape index (κ2) is 6.88. The van der Waals surface area contributed by atoms with Crippen LogP contribution in [-0.4, -0.2) is 40.6 Å². The SMILES string of the molecule is COc1ccc(C2CCCN2Cc2nc(N)nc(N)n2)c(OC)c1. The summed E-state index contributed by atoms with van der Waals surface area (Å²) in [6.07, 6.45) is 2.13. The summed E-state index contributed by atoms with van der Waals surface area (Å²) in [6.45, 7) is 1.52. The molecule has 8 heteroatoms. The molecule has 0 saturated carbocycles. The van der Waals surface area contributed by atoms with Gasteiger partial charge in [-0.15, -0.1) is 0 Å². The molecule has 0 spiro atoms. The van der Waals surface area contributed by atoms with Crippen molar-refractivity contribution < 1.29 is 9.47 Å². The molecule has 2 aromatic rings. The summed E-state index contributed by atoms with van der Waals surface area (Å²) in [4.78, 5) is 14.5. The van der Waals surface area contributed by atoms with E-state index in [-0.39, 0.29) is 17.9 Å². The Morgan fingerprint density at radius 1 is 1.12 bits per heavy atom. The third-order valence-electron chi connectivity index (χ3n) is 4.22. The molecular formula is C16H22N6O2. The number of benzene rings is 1. The number of anilines is 2.